The number of fused-ring (bicyclic) bond motifs is 1. The molecule has 0 saturated heterocycles. The Hall–Kier alpha value is -1.17. The maximum Gasteiger partial charge on any atom is 0.204 e. The minimum Gasteiger partial charge on any atom is -0.326 e. The summed E-state index contributed by atoms with van der Waals surface area (Å²) in [4.78, 5) is 0.881. The van der Waals surface area contributed by atoms with Crippen molar-refractivity contribution in [1.82, 2.24) is 5.32 Å². The molecule has 1 aliphatic carbocycles. The van der Waals surface area contributed by atoms with Crippen LogP contribution < -0.4 is 11.1 Å². The molecule has 4 nitrogen and oxygen atoms in total. The van der Waals surface area contributed by atoms with Crippen LogP contribution in [0.2, 0.25) is 0 Å². The first-order chi connectivity index (χ1) is 9.63. The van der Waals surface area contributed by atoms with Crippen molar-refractivity contribution in [3.05, 3.63) is 34.2 Å². The normalized spacial score (nSPS) is 20.9. The smallest absolute Gasteiger partial charge is 0.204 e. The Balaban J connectivity index is 1.84. The highest BCUT2D eigenvalue weighted by molar-refractivity contribution is 7.96. The topological polar surface area (TPSA) is 72.2 Å². The minimum absolute atomic E-state index is 0.250. The average molecular weight is 292 g/mol. The standard InChI is InChI=1S/C15H20N2O2S/c16-9-12-5-3-4-11-8-14(20(18,19)15(11)12)10-17-13-6-1-2-7-13/h3-5,8,13,17H,1-2,6-7,9-10,16H2. The van der Waals surface area contributed by atoms with Crippen LogP contribution in [0.5, 0.6) is 0 Å². The molecule has 2 aliphatic rings. The zero-order valence-corrected chi connectivity index (χ0v) is 12.2. The zero-order valence-electron chi connectivity index (χ0n) is 11.4. The molecule has 108 valence electrons. The van der Waals surface area contributed by atoms with Crippen molar-refractivity contribution in [2.45, 2.75) is 43.2 Å². The van der Waals surface area contributed by atoms with Gasteiger partial charge in [0.05, 0.1) is 9.80 Å². The second-order valence-corrected chi connectivity index (χ2v) is 7.46. The second kappa shape index (κ2) is 5.31. The minimum atomic E-state index is -3.36. The third-order valence-corrected chi connectivity index (χ3v) is 6.19. The molecule has 0 amide bonds. The van der Waals surface area contributed by atoms with E-state index in [-0.39, 0.29) is 6.54 Å². The van der Waals surface area contributed by atoms with Gasteiger partial charge in [0.25, 0.3) is 0 Å². The number of rotatable bonds is 4. The Morgan fingerprint density at radius 3 is 2.70 bits per heavy atom. The van der Waals surface area contributed by atoms with Crippen molar-refractivity contribution in [2.75, 3.05) is 6.54 Å². The van der Waals surface area contributed by atoms with Crippen LogP contribution in [-0.2, 0) is 16.4 Å². The molecular weight excluding hydrogens is 272 g/mol. The van der Waals surface area contributed by atoms with Crippen LogP contribution in [0.15, 0.2) is 28.0 Å². The van der Waals surface area contributed by atoms with Crippen molar-refractivity contribution in [2.24, 2.45) is 5.73 Å². The third kappa shape index (κ3) is 2.30. The van der Waals surface area contributed by atoms with E-state index in [2.05, 4.69) is 5.32 Å². The summed E-state index contributed by atoms with van der Waals surface area (Å²) in [6, 6.07) is 5.95. The van der Waals surface area contributed by atoms with Crippen LogP contribution in [0.3, 0.4) is 0 Å². The van der Waals surface area contributed by atoms with Gasteiger partial charge in [-0.25, -0.2) is 8.42 Å². The maximum atomic E-state index is 12.6. The Bertz CT molecular complexity index is 644. The van der Waals surface area contributed by atoms with Crippen molar-refractivity contribution in [1.29, 1.82) is 0 Å². The number of hydrogen-bond acceptors (Lipinski definition) is 4. The van der Waals surface area contributed by atoms with Gasteiger partial charge in [0.1, 0.15) is 0 Å². The SMILES string of the molecule is NCc1cccc2c1S(=O)(=O)C(CNC1CCCC1)=C2. The van der Waals surface area contributed by atoms with Crippen LogP contribution >= 0.6 is 0 Å². The molecule has 0 spiro atoms. The predicted molar refractivity (Wildman–Crippen MR) is 79.8 cm³/mol. The van der Waals surface area contributed by atoms with Gasteiger partial charge in [-0.15, -0.1) is 0 Å². The summed E-state index contributed by atoms with van der Waals surface area (Å²) >= 11 is 0. The highest BCUT2D eigenvalue weighted by atomic mass is 32.2. The van der Waals surface area contributed by atoms with Crippen LogP contribution in [-0.4, -0.2) is 21.0 Å². The molecular formula is C15H20N2O2S. The second-order valence-electron chi connectivity index (χ2n) is 5.52. The highest BCUT2D eigenvalue weighted by Crippen LogP contribution is 2.35. The van der Waals surface area contributed by atoms with E-state index in [1.54, 1.807) is 12.1 Å². The van der Waals surface area contributed by atoms with Crippen LogP contribution in [0.1, 0.15) is 36.8 Å². The summed E-state index contributed by atoms with van der Waals surface area (Å²) in [5, 5.41) is 3.37. The molecule has 5 heteroatoms. The zero-order chi connectivity index (χ0) is 14.2. The van der Waals surface area contributed by atoms with Gasteiger partial charge in [-0.3, -0.25) is 0 Å². The first-order valence-corrected chi connectivity index (χ1v) is 8.62. The Labute approximate surface area is 120 Å². The number of benzene rings is 1. The number of nitrogens with two attached hydrogens (primary N) is 1. The van der Waals surface area contributed by atoms with E-state index in [1.807, 2.05) is 12.1 Å². The van der Waals surface area contributed by atoms with Crippen molar-refractivity contribution in [3.63, 3.8) is 0 Å². The Kier molecular flexibility index (Phi) is 3.67. The van der Waals surface area contributed by atoms with E-state index in [0.29, 0.717) is 28.0 Å². The van der Waals surface area contributed by atoms with E-state index in [9.17, 15) is 8.42 Å². The van der Waals surface area contributed by atoms with Gasteiger partial charge in [0.15, 0.2) is 0 Å². The molecule has 0 atom stereocenters. The lowest BCUT2D eigenvalue weighted by Gasteiger charge is -2.12. The highest BCUT2D eigenvalue weighted by Gasteiger charge is 2.31. The fourth-order valence-electron chi connectivity index (χ4n) is 3.11. The first kappa shape index (κ1) is 13.8. The van der Waals surface area contributed by atoms with Crippen molar-refractivity contribution >= 4 is 15.9 Å². The van der Waals surface area contributed by atoms with Gasteiger partial charge < -0.3 is 11.1 Å². The van der Waals surface area contributed by atoms with Crippen molar-refractivity contribution < 1.29 is 8.42 Å². The van der Waals surface area contributed by atoms with E-state index in [4.69, 9.17) is 5.73 Å². The Morgan fingerprint density at radius 1 is 1.25 bits per heavy atom. The summed E-state index contributed by atoms with van der Waals surface area (Å²) in [6.07, 6.45) is 6.55. The average Bonchev–Trinajstić information content (AvgIpc) is 3.03. The molecule has 0 radical (unpaired) electrons. The van der Waals surface area contributed by atoms with E-state index >= 15 is 0 Å². The van der Waals surface area contributed by atoms with Crippen LogP contribution in [0.25, 0.3) is 6.08 Å². The molecule has 20 heavy (non-hydrogen) atoms. The van der Waals surface area contributed by atoms with Crippen LogP contribution in [0.4, 0.5) is 0 Å². The molecule has 1 fully saturated rings. The van der Waals surface area contributed by atoms with Gasteiger partial charge in [-0.05, 0) is 30.0 Å². The summed E-state index contributed by atoms with van der Waals surface area (Å²) in [7, 11) is -3.36. The van der Waals surface area contributed by atoms with Crippen LogP contribution in [0, 0.1) is 0 Å². The van der Waals surface area contributed by atoms with Gasteiger partial charge >= 0.3 is 0 Å². The lowest BCUT2D eigenvalue weighted by atomic mass is 10.1. The van der Waals surface area contributed by atoms with Gasteiger partial charge in [-0.1, -0.05) is 31.0 Å². The molecule has 1 saturated carbocycles. The predicted octanol–water partition coefficient (Wildman–Crippen LogP) is 1.81. The van der Waals surface area contributed by atoms with Gasteiger partial charge in [0.2, 0.25) is 9.84 Å². The lowest BCUT2D eigenvalue weighted by Crippen LogP contribution is -2.29. The molecule has 0 aromatic heterocycles. The maximum absolute atomic E-state index is 12.6. The molecule has 1 aromatic rings. The third-order valence-electron chi connectivity index (χ3n) is 4.20. The number of hydrogen-bond donors (Lipinski definition) is 2. The summed E-state index contributed by atoms with van der Waals surface area (Å²) in [5.41, 5.74) is 7.14. The fourth-order valence-corrected chi connectivity index (χ4v) is 4.86. The molecule has 3 N–H and O–H groups in total. The van der Waals surface area contributed by atoms with E-state index in [1.165, 1.54) is 12.8 Å². The fraction of sp³-hybridized carbons (Fsp3) is 0.467. The van der Waals surface area contributed by atoms with Crippen molar-refractivity contribution in [3.8, 4) is 0 Å². The molecule has 1 aromatic carbocycles. The summed E-state index contributed by atoms with van der Waals surface area (Å²) in [5.74, 6) is 0. The van der Waals surface area contributed by atoms with E-state index in [0.717, 1.165) is 18.4 Å². The summed E-state index contributed by atoms with van der Waals surface area (Å²) < 4.78 is 25.2. The Morgan fingerprint density at radius 2 is 2.00 bits per heavy atom. The van der Waals surface area contributed by atoms with Gasteiger partial charge in [-0.2, -0.15) is 0 Å². The largest absolute Gasteiger partial charge is 0.326 e. The van der Waals surface area contributed by atoms with E-state index < -0.39 is 9.84 Å². The lowest BCUT2D eigenvalue weighted by molar-refractivity contribution is 0.550. The molecule has 3 rings (SSSR count). The monoisotopic (exact) mass is 292 g/mol. The molecule has 0 bridgehead atoms. The number of nitrogens with one attached hydrogen (secondary N) is 1. The quantitative estimate of drug-likeness (QED) is 0.887. The molecule has 1 heterocycles. The van der Waals surface area contributed by atoms with Gasteiger partial charge in [0, 0.05) is 19.1 Å². The molecule has 0 unspecified atom stereocenters. The first-order valence-electron chi connectivity index (χ1n) is 7.14. The molecule has 1 aliphatic heterocycles. The number of sulfone groups is 1. The summed E-state index contributed by atoms with van der Waals surface area (Å²) in [6.45, 7) is 0.672.